The van der Waals surface area contributed by atoms with Gasteiger partial charge in [-0.2, -0.15) is 31.4 Å². The Hall–Kier alpha value is -2.96. The third-order valence-corrected chi connectivity index (χ3v) is 4.85. The Morgan fingerprint density at radius 3 is 2.30 bits per heavy atom. The molecule has 0 aliphatic heterocycles. The summed E-state index contributed by atoms with van der Waals surface area (Å²) >= 11 is 0.525. The number of amides is 1. The molecule has 0 saturated heterocycles. The Kier molecular flexibility index (Phi) is 5.35. The molecule has 2 aromatic heterocycles. The maximum atomic E-state index is 14.5. The van der Waals surface area contributed by atoms with E-state index >= 15 is 0 Å². The van der Waals surface area contributed by atoms with Gasteiger partial charge in [0.05, 0.1) is 10.7 Å². The van der Waals surface area contributed by atoms with Gasteiger partial charge in [0.1, 0.15) is 10.7 Å². The largest absolute Gasteiger partial charge is 0.435 e. The van der Waals surface area contributed by atoms with Crippen LogP contribution in [0.3, 0.4) is 0 Å². The Labute approximate surface area is 168 Å². The van der Waals surface area contributed by atoms with Gasteiger partial charge in [-0.1, -0.05) is 0 Å². The zero-order chi connectivity index (χ0) is 22.4. The number of alkyl halides is 6. The van der Waals surface area contributed by atoms with Crippen LogP contribution in [-0.2, 0) is 19.4 Å². The first-order valence-corrected chi connectivity index (χ1v) is 8.86. The minimum atomic E-state index is -4.84. The molecule has 0 saturated carbocycles. The number of aryl methyl sites for hydroxylation is 2. The number of nitrogens with zero attached hydrogens (tertiary/aromatic N) is 3. The maximum Gasteiger partial charge on any atom is 0.435 e. The van der Waals surface area contributed by atoms with Crippen molar-refractivity contribution in [3.05, 3.63) is 51.4 Å². The average Bonchev–Trinajstić information content (AvgIpc) is 3.18. The Morgan fingerprint density at radius 2 is 1.77 bits per heavy atom. The molecule has 0 atom stereocenters. The molecule has 3 aromatic rings. The van der Waals surface area contributed by atoms with E-state index < -0.39 is 40.3 Å². The highest BCUT2D eigenvalue weighted by Gasteiger charge is 2.39. The highest BCUT2D eigenvalue weighted by Crippen LogP contribution is 2.35. The first-order valence-electron chi connectivity index (χ1n) is 8.04. The summed E-state index contributed by atoms with van der Waals surface area (Å²) in [6.07, 6.45) is -9.56. The lowest BCUT2D eigenvalue weighted by Gasteiger charge is -2.09. The van der Waals surface area contributed by atoms with E-state index in [-0.39, 0.29) is 22.0 Å². The molecule has 1 aromatic carbocycles. The van der Waals surface area contributed by atoms with Crippen molar-refractivity contribution < 1.29 is 35.5 Å². The summed E-state index contributed by atoms with van der Waals surface area (Å²) in [6, 6.07) is 3.68. The van der Waals surface area contributed by atoms with Crippen LogP contribution in [0.5, 0.6) is 0 Å². The molecule has 0 radical (unpaired) electrons. The number of hydrogen-bond donors (Lipinski definition) is 1. The van der Waals surface area contributed by atoms with Crippen LogP contribution in [0.2, 0.25) is 0 Å². The molecule has 0 aliphatic rings. The predicted molar refractivity (Wildman–Crippen MR) is 93.4 cm³/mol. The first kappa shape index (κ1) is 21.7. The minimum absolute atomic E-state index is 0.0191. The van der Waals surface area contributed by atoms with Crippen molar-refractivity contribution in [1.82, 2.24) is 14.8 Å². The highest BCUT2D eigenvalue weighted by atomic mass is 32.1. The topological polar surface area (TPSA) is 59.8 Å². The summed E-state index contributed by atoms with van der Waals surface area (Å²) in [7, 11) is 1.20. The van der Waals surface area contributed by atoms with E-state index in [1.165, 1.54) is 14.0 Å². The lowest BCUT2D eigenvalue weighted by Crippen LogP contribution is -2.17. The van der Waals surface area contributed by atoms with Gasteiger partial charge in [-0.3, -0.25) is 9.48 Å². The third kappa shape index (κ3) is 4.30. The van der Waals surface area contributed by atoms with Crippen molar-refractivity contribution in [3.8, 4) is 11.3 Å². The highest BCUT2D eigenvalue weighted by molar-refractivity contribution is 7.13. The summed E-state index contributed by atoms with van der Waals surface area (Å²) in [5.74, 6) is -2.14. The van der Waals surface area contributed by atoms with Crippen LogP contribution in [0.15, 0.2) is 24.3 Å². The molecule has 2 heterocycles. The number of carbonyl (C=O) groups is 1. The SMILES string of the molecule is Cc1nc(C(F)(F)F)c(C(=O)Nc2ccc(-c3cc(C(F)(F)F)nn3C)c(F)c2)s1. The normalized spacial score (nSPS) is 12.3. The van der Waals surface area contributed by atoms with Crippen molar-refractivity contribution >= 4 is 22.9 Å². The Morgan fingerprint density at radius 1 is 1.10 bits per heavy atom. The van der Waals surface area contributed by atoms with Gasteiger partial charge in [-0.25, -0.2) is 9.37 Å². The number of carbonyl (C=O) groups excluding carboxylic acids is 1. The van der Waals surface area contributed by atoms with Crippen molar-refractivity contribution in [2.45, 2.75) is 19.3 Å². The minimum Gasteiger partial charge on any atom is -0.321 e. The molecule has 0 aliphatic carbocycles. The average molecular weight is 452 g/mol. The molecule has 0 bridgehead atoms. The zero-order valence-electron chi connectivity index (χ0n) is 15.1. The van der Waals surface area contributed by atoms with Gasteiger partial charge >= 0.3 is 12.4 Å². The van der Waals surface area contributed by atoms with E-state index in [0.717, 1.165) is 22.9 Å². The number of anilines is 1. The van der Waals surface area contributed by atoms with Crippen LogP contribution in [0.1, 0.15) is 26.1 Å². The number of nitrogens with one attached hydrogen (secondary N) is 1. The van der Waals surface area contributed by atoms with E-state index in [2.05, 4.69) is 15.4 Å². The molecule has 160 valence electrons. The summed E-state index contributed by atoms with van der Waals surface area (Å²) in [6.45, 7) is 1.30. The number of thiazole rings is 1. The summed E-state index contributed by atoms with van der Waals surface area (Å²) in [4.78, 5) is 14.8. The Balaban J connectivity index is 1.89. The number of benzene rings is 1. The van der Waals surface area contributed by atoms with Crippen LogP contribution >= 0.6 is 11.3 Å². The fraction of sp³-hybridized carbons (Fsp3) is 0.235. The summed E-state index contributed by atoms with van der Waals surface area (Å²) in [5.41, 5.74) is -3.15. The second kappa shape index (κ2) is 7.38. The van der Waals surface area contributed by atoms with Gasteiger partial charge in [0.25, 0.3) is 5.91 Å². The lowest BCUT2D eigenvalue weighted by atomic mass is 10.1. The van der Waals surface area contributed by atoms with Crippen molar-refractivity contribution in [2.24, 2.45) is 7.05 Å². The molecule has 1 amide bonds. The van der Waals surface area contributed by atoms with Crippen LogP contribution in [0.25, 0.3) is 11.3 Å². The quantitative estimate of drug-likeness (QED) is 0.550. The fourth-order valence-corrected chi connectivity index (χ4v) is 3.45. The van der Waals surface area contributed by atoms with E-state index in [1.807, 2.05) is 0 Å². The molecule has 30 heavy (non-hydrogen) atoms. The first-order chi connectivity index (χ1) is 13.8. The monoisotopic (exact) mass is 452 g/mol. The smallest absolute Gasteiger partial charge is 0.321 e. The van der Waals surface area contributed by atoms with Gasteiger partial charge in [0.2, 0.25) is 0 Å². The van der Waals surface area contributed by atoms with E-state index in [9.17, 15) is 35.5 Å². The van der Waals surface area contributed by atoms with Gasteiger partial charge < -0.3 is 5.32 Å². The number of halogens is 7. The zero-order valence-corrected chi connectivity index (χ0v) is 15.9. The molecule has 0 unspecified atom stereocenters. The lowest BCUT2D eigenvalue weighted by molar-refractivity contribution is -0.142. The fourth-order valence-electron chi connectivity index (χ4n) is 2.62. The Bertz CT molecular complexity index is 1110. The molecule has 5 nitrogen and oxygen atoms in total. The van der Waals surface area contributed by atoms with Gasteiger partial charge in [-0.05, 0) is 31.2 Å². The maximum absolute atomic E-state index is 14.5. The second-order valence-electron chi connectivity index (χ2n) is 6.09. The predicted octanol–water partition coefficient (Wildman–Crippen LogP) is 5.28. The third-order valence-electron chi connectivity index (χ3n) is 3.88. The number of hydrogen-bond acceptors (Lipinski definition) is 4. The second-order valence-corrected chi connectivity index (χ2v) is 7.30. The molecule has 1 N–H and O–H groups in total. The van der Waals surface area contributed by atoms with Crippen LogP contribution in [-0.4, -0.2) is 20.7 Å². The molecule has 3 rings (SSSR count). The van der Waals surface area contributed by atoms with Crippen molar-refractivity contribution in [3.63, 3.8) is 0 Å². The number of rotatable bonds is 3. The van der Waals surface area contributed by atoms with E-state index in [1.54, 1.807) is 0 Å². The molecule has 0 fully saturated rings. The summed E-state index contributed by atoms with van der Waals surface area (Å²) in [5, 5.41) is 5.44. The van der Waals surface area contributed by atoms with Crippen LogP contribution in [0, 0.1) is 12.7 Å². The standard InChI is InChI=1S/C17H11F7N4OS/c1-7-25-14(17(22,23)24)13(30-7)15(29)26-8-3-4-9(10(18)5-8)11-6-12(16(19,20)21)27-28(11)2/h3-6H,1-2H3,(H,26,29). The van der Waals surface area contributed by atoms with E-state index in [4.69, 9.17) is 0 Å². The molecule has 0 spiro atoms. The molecule has 13 heteroatoms. The van der Waals surface area contributed by atoms with Gasteiger partial charge in [0, 0.05) is 18.3 Å². The summed E-state index contributed by atoms with van der Waals surface area (Å²) < 4.78 is 92.7. The molecular weight excluding hydrogens is 441 g/mol. The van der Waals surface area contributed by atoms with Gasteiger partial charge in [0.15, 0.2) is 11.4 Å². The van der Waals surface area contributed by atoms with Crippen molar-refractivity contribution in [2.75, 3.05) is 5.32 Å². The van der Waals surface area contributed by atoms with E-state index in [0.29, 0.717) is 17.4 Å². The van der Waals surface area contributed by atoms with Crippen LogP contribution in [0.4, 0.5) is 36.4 Å². The van der Waals surface area contributed by atoms with Gasteiger partial charge in [-0.15, -0.1) is 11.3 Å². The van der Waals surface area contributed by atoms with Crippen molar-refractivity contribution in [1.29, 1.82) is 0 Å². The van der Waals surface area contributed by atoms with Crippen LogP contribution < -0.4 is 5.32 Å². The molecular formula is C17H11F7N4OS. The number of aromatic nitrogens is 3.